The molecule has 0 aromatic carbocycles. The largest absolute Gasteiger partial charge is 0.375 e. The summed E-state index contributed by atoms with van der Waals surface area (Å²) in [5.41, 5.74) is 0.157. The number of nitrogens with one attached hydrogen (secondary N) is 2. The van der Waals surface area contributed by atoms with Crippen LogP contribution in [0.1, 0.15) is 52.4 Å². The lowest BCUT2D eigenvalue weighted by molar-refractivity contribution is -0.0933. The molecule has 2 heterocycles. The van der Waals surface area contributed by atoms with Crippen molar-refractivity contribution in [2.24, 2.45) is 5.92 Å². The zero-order valence-corrected chi connectivity index (χ0v) is 12.1. The zero-order valence-electron chi connectivity index (χ0n) is 12.1. The van der Waals surface area contributed by atoms with Crippen molar-refractivity contribution in [3.63, 3.8) is 0 Å². The quantitative estimate of drug-likeness (QED) is 0.790. The Bertz CT molecular complexity index is 235. The number of ether oxygens (including phenoxy) is 1. The van der Waals surface area contributed by atoms with Crippen LogP contribution in [-0.2, 0) is 4.74 Å². The second-order valence-corrected chi connectivity index (χ2v) is 6.03. The summed E-state index contributed by atoms with van der Waals surface area (Å²) in [5, 5.41) is 7.24. The Morgan fingerprint density at radius 3 is 2.56 bits per heavy atom. The van der Waals surface area contributed by atoms with Crippen molar-refractivity contribution in [1.29, 1.82) is 0 Å². The van der Waals surface area contributed by atoms with E-state index in [9.17, 15) is 0 Å². The molecule has 0 aromatic rings. The van der Waals surface area contributed by atoms with Gasteiger partial charge in [0.25, 0.3) is 0 Å². The van der Waals surface area contributed by atoms with Crippen LogP contribution in [0.2, 0.25) is 0 Å². The molecule has 0 spiro atoms. The minimum absolute atomic E-state index is 0.157. The molecule has 1 atom stereocenters. The van der Waals surface area contributed by atoms with Gasteiger partial charge in [-0.15, -0.1) is 0 Å². The van der Waals surface area contributed by atoms with Crippen LogP contribution in [0.15, 0.2) is 0 Å². The molecule has 0 saturated carbocycles. The maximum atomic E-state index is 6.04. The van der Waals surface area contributed by atoms with Crippen LogP contribution in [0.3, 0.4) is 0 Å². The fourth-order valence-electron chi connectivity index (χ4n) is 3.36. The molecule has 0 bridgehead atoms. The Morgan fingerprint density at radius 2 is 1.89 bits per heavy atom. The topological polar surface area (TPSA) is 33.3 Å². The predicted molar refractivity (Wildman–Crippen MR) is 75.9 cm³/mol. The standard InChI is InChI=1S/C15H30N2O/c1-3-15(4-2)11-14(7-10-18-15)17-12-13-5-8-16-9-6-13/h13-14,16-17H,3-12H2,1-2H3. The van der Waals surface area contributed by atoms with Crippen LogP contribution in [0.4, 0.5) is 0 Å². The maximum Gasteiger partial charge on any atom is 0.0692 e. The van der Waals surface area contributed by atoms with Crippen molar-refractivity contribution in [1.82, 2.24) is 10.6 Å². The van der Waals surface area contributed by atoms with Crippen LogP contribution in [-0.4, -0.2) is 37.9 Å². The average Bonchev–Trinajstić information content (AvgIpc) is 2.46. The highest BCUT2D eigenvalue weighted by Crippen LogP contribution is 2.31. The van der Waals surface area contributed by atoms with E-state index < -0.39 is 0 Å². The summed E-state index contributed by atoms with van der Waals surface area (Å²) in [5.74, 6) is 0.881. The first-order valence-corrected chi connectivity index (χ1v) is 7.86. The molecule has 2 saturated heterocycles. The monoisotopic (exact) mass is 254 g/mol. The summed E-state index contributed by atoms with van der Waals surface area (Å²) >= 11 is 0. The highest BCUT2D eigenvalue weighted by Gasteiger charge is 2.34. The molecule has 3 heteroatoms. The van der Waals surface area contributed by atoms with Gasteiger partial charge in [0.1, 0.15) is 0 Å². The minimum atomic E-state index is 0.157. The predicted octanol–water partition coefficient (Wildman–Crippen LogP) is 2.31. The van der Waals surface area contributed by atoms with Gasteiger partial charge >= 0.3 is 0 Å². The summed E-state index contributed by atoms with van der Waals surface area (Å²) < 4.78 is 6.04. The molecular formula is C15H30N2O. The lowest BCUT2D eigenvalue weighted by Gasteiger charge is -2.41. The van der Waals surface area contributed by atoms with Crippen molar-refractivity contribution in [2.75, 3.05) is 26.2 Å². The molecule has 2 fully saturated rings. The molecule has 1 unspecified atom stereocenters. The molecule has 3 nitrogen and oxygen atoms in total. The van der Waals surface area contributed by atoms with E-state index >= 15 is 0 Å². The second kappa shape index (κ2) is 6.88. The maximum absolute atomic E-state index is 6.04. The molecule has 2 rings (SSSR count). The Kier molecular flexibility index (Phi) is 5.46. The smallest absolute Gasteiger partial charge is 0.0692 e. The molecule has 0 aromatic heterocycles. The number of hydrogen-bond donors (Lipinski definition) is 2. The molecule has 0 aliphatic carbocycles. The van der Waals surface area contributed by atoms with Gasteiger partial charge in [-0.1, -0.05) is 13.8 Å². The summed E-state index contributed by atoms with van der Waals surface area (Å²) in [6, 6.07) is 0.675. The van der Waals surface area contributed by atoms with Gasteiger partial charge < -0.3 is 15.4 Å². The molecule has 2 aliphatic rings. The van der Waals surface area contributed by atoms with E-state index in [4.69, 9.17) is 4.74 Å². The van der Waals surface area contributed by atoms with Crippen molar-refractivity contribution in [3.05, 3.63) is 0 Å². The molecule has 2 N–H and O–H groups in total. The number of hydrogen-bond acceptors (Lipinski definition) is 3. The van der Waals surface area contributed by atoms with Crippen LogP contribution in [0, 0.1) is 5.92 Å². The van der Waals surface area contributed by atoms with Gasteiger partial charge in [-0.2, -0.15) is 0 Å². The molecular weight excluding hydrogens is 224 g/mol. The van der Waals surface area contributed by atoms with Gasteiger partial charge in [0, 0.05) is 12.6 Å². The fraction of sp³-hybridized carbons (Fsp3) is 1.00. The lowest BCUT2D eigenvalue weighted by Crippen LogP contribution is -2.48. The zero-order chi connectivity index (χ0) is 12.8. The van der Waals surface area contributed by atoms with Crippen LogP contribution in [0.5, 0.6) is 0 Å². The van der Waals surface area contributed by atoms with E-state index in [0.29, 0.717) is 6.04 Å². The third-order valence-corrected chi connectivity index (χ3v) is 4.94. The van der Waals surface area contributed by atoms with Gasteiger partial charge in [0.2, 0.25) is 0 Å². The van der Waals surface area contributed by atoms with E-state index in [1.165, 1.54) is 45.3 Å². The molecule has 18 heavy (non-hydrogen) atoms. The Morgan fingerprint density at radius 1 is 1.17 bits per heavy atom. The summed E-state index contributed by atoms with van der Waals surface area (Å²) in [4.78, 5) is 0. The van der Waals surface area contributed by atoms with Crippen molar-refractivity contribution >= 4 is 0 Å². The normalized spacial score (nSPS) is 29.3. The van der Waals surface area contributed by atoms with Crippen LogP contribution >= 0.6 is 0 Å². The van der Waals surface area contributed by atoms with Crippen LogP contribution < -0.4 is 10.6 Å². The fourth-order valence-corrected chi connectivity index (χ4v) is 3.36. The first-order valence-electron chi connectivity index (χ1n) is 7.86. The summed E-state index contributed by atoms with van der Waals surface area (Å²) in [7, 11) is 0. The minimum Gasteiger partial charge on any atom is -0.375 e. The summed E-state index contributed by atoms with van der Waals surface area (Å²) in [6.07, 6.45) is 7.35. The first-order chi connectivity index (χ1) is 8.78. The highest BCUT2D eigenvalue weighted by atomic mass is 16.5. The first kappa shape index (κ1) is 14.3. The van der Waals surface area contributed by atoms with E-state index in [2.05, 4.69) is 24.5 Å². The highest BCUT2D eigenvalue weighted by molar-refractivity contribution is 4.88. The van der Waals surface area contributed by atoms with Gasteiger partial charge in [0.15, 0.2) is 0 Å². The molecule has 0 amide bonds. The van der Waals surface area contributed by atoms with Crippen molar-refractivity contribution in [3.8, 4) is 0 Å². The Hall–Kier alpha value is -0.120. The van der Waals surface area contributed by atoms with E-state index in [0.717, 1.165) is 25.4 Å². The lowest BCUT2D eigenvalue weighted by atomic mass is 9.85. The summed E-state index contributed by atoms with van der Waals surface area (Å²) in [6.45, 7) is 9.07. The van der Waals surface area contributed by atoms with Crippen molar-refractivity contribution < 1.29 is 4.74 Å². The molecule has 0 radical (unpaired) electrons. The Labute approximate surface area is 112 Å². The molecule has 106 valence electrons. The van der Waals surface area contributed by atoms with E-state index in [1.54, 1.807) is 0 Å². The second-order valence-electron chi connectivity index (χ2n) is 6.03. The molecule has 2 aliphatic heterocycles. The van der Waals surface area contributed by atoms with E-state index in [-0.39, 0.29) is 5.60 Å². The van der Waals surface area contributed by atoms with Crippen molar-refractivity contribution in [2.45, 2.75) is 64.0 Å². The number of rotatable bonds is 5. The van der Waals surface area contributed by atoms with E-state index in [1.807, 2.05) is 0 Å². The SMILES string of the molecule is CCC1(CC)CC(NCC2CCNCC2)CCO1. The van der Waals surface area contributed by atoms with Gasteiger partial charge in [0.05, 0.1) is 5.60 Å². The van der Waals surface area contributed by atoms with Gasteiger partial charge in [-0.05, 0) is 64.1 Å². The van der Waals surface area contributed by atoms with Crippen LogP contribution in [0.25, 0.3) is 0 Å². The average molecular weight is 254 g/mol. The Balaban J connectivity index is 1.75. The number of piperidine rings is 1. The van der Waals surface area contributed by atoms with Gasteiger partial charge in [-0.3, -0.25) is 0 Å². The third kappa shape index (κ3) is 3.69. The van der Waals surface area contributed by atoms with Gasteiger partial charge in [-0.25, -0.2) is 0 Å². The third-order valence-electron chi connectivity index (χ3n) is 4.94.